The molecule has 0 aliphatic rings. The van der Waals surface area contributed by atoms with E-state index in [1.165, 1.54) is 4.90 Å². The van der Waals surface area contributed by atoms with Crippen molar-refractivity contribution in [2.75, 3.05) is 5.75 Å². The van der Waals surface area contributed by atoms with E-state index in [4.69, 9.17) is 0 Å². The number of ketones is 1. The SMILES string of the molecule is CCSc1ccc(C(=O)c2cccc3ccncc23)cc1. The third kappa shape index (κ3) is 2.83. The molecule has 3 rings (SSSR count). The maximum atomic E-state index is 12.7. The van der Waals surface area contributed by atoms with Crippen molar-refractivity contribution in [3.05, 3.63) is 72.1 Å². The molecule has 0 saturated heterocycles. The molecule has 0 spiro atoms. The number of pyridine rings is 1. The first kappa shape index (κ1) is 13.8. The lowest BCUT2D eigenvalue weighted by molar-refractivity contribution is 0.104. The largest absolute Gasteiger partial charge is 0.289 e. The third-order valence-corrected chi connectivity index (χ3v) is 4.25. The minimum Gasteiger partial charge on any atom is -0.289 e. The van der Waals surface area contributed by atoms with Gasteiger partial charge in [-0.25, -0.2) is 0 Å². The van der Waals surface area contributed by atoms with Crippen LogP contribution in [0, 0.1) is 0 Å². The summed E-state index contributed by atoms with van der Waals surface area (Å²) in [6.45, 7) is 2.12. The van der Waals surface area contributed by atoms with Gasteiger partial charge in [-0.1, -0.05) is 25.1 Å². The number of nitrogens with zero attached hydrogens (tertiary/aromatic N) is 1. The van der Waals surface area contributed by atoms with Crippen molar-refractivity contribution in [3.63, 3.8) is 0 Å². The second kappa shape index (κ2) is 6.10. The molecule has 104 valence electrons. The molecule has 0 saturated carbocycles. The molecule has 0 N–H and O–H groups in total. The molecule has 1 heterocycles. The van der Waals surface area contributed by atoms with E-state index >= 15 is 0 Å². The number of hydrogen-bond acceptors (Lipinski definition) is 3. The van der Waals surface area contributed by atoms with E-state index in [0.717, 1.165) is 16.5 Å². The highest BCUT2D eigenvalue weighted by Crippen LogP contribution is 2.22. The Labute approximate surface area is 128 Å². The van der Waals surface area contributed by atoms with E-state index in [1.54, 1.807) is 24.2 Å². The molecule has 0 radical (unpaired) electrons. The number of fused-ring (bicyclic) bond motifs is 1. The van der Waals surface area contributed by atoms with Gasteiger partial charge in [0.2, 0.25) is 0 Å². The Balaban J connectivity index is 2.00. The number of aromatic nitrogens is 1. The first-order valence-corrected chi connectivity index (χ1v) is 7.88. The summed E-state index contributed by atoms with van der Waals surface area (Å²) in [6, 6.07) is 15.5. The van der Waals surface area contributed by atoms with Gasteiger partial charge >= 0.3 is 0 Å². The molecule has 0 atom stereocenters. The Morgan fingerprint density at radius 1 is 1.10 bits per heavy atom. The predicted octanol–water partition coefficient (Wildman–Crippen LogP) is 4.58. The second-order valence-electron chi connectivity index (χ2n) is 4.69. The fourth-order valence-corrected chi connectivity index (χ4v) is 3.00. The minimum atomic E-state index is 0.0432. The molecule has 3 aromatic rings. The summed E-state index contributed by atoms with van der Waals surface area (Å²) in [6.07, 6.45) is 3.50. The van der Waals surface area contributed by atoms with Crippen LogP contribution >= 0.6 is 11.8 Å². The lowest BCUT2D eigenvalue weighted by Crippen LogP contribution is -2.02. The molecule has 21 heavy (non-hydrogen) atoms. The molecule has 0 fully saturated rings. The van der Waals surface area contributed by atoms with Gasteiger partial charge in [-0.3, -0.25) is 9.78 Å². The van der Waals surface area contributed by atoms with Crippen LogP contribution in [0.25, 0.3) is 10.8 Å². The lowest BCUT2D eigenvalue weighted by atomic mass is 9.98. The maximum Gasteiger partial charge on any atom is 0.193 e. The molecule has 0 aliphatic carbocycles. The monoisotopic (exact) mass is 293 g/mol. The third-order valence-electron chi connectivity index (χ3n) is 3.36. The standard InChI is InChI=1S/C18H15NOS/c1-2-21-15-8-6-14(7-9-15)18(20)16-5-3-4-13-10-11-19-12-17(13)16/h3-12H,2H2,1H3. The highest BCUT2D eigenvalue weighted by atomic mass is 32.2. The van der Waals surface area contributed by atoms with Gasteiger partial charge in [0.15, 0.2) is 5.78 Å². The molecular formula is C18H15NOS. The highest BCUT2D eigenvalue weighted by Gasteiger charge is 2.12. The first-order valence-electron chi connectivity index (χ1n) is 6.90. The Hall–Kier alpha value is -2.13. The first-order chi connectivity index (χ1) is 10.3. The van der Waals surface area contributed by atoms with Crippen LogP contribution in [0.1, 0.15) is 22.8 Å². The molecule has 2 aromatic carbocycles. The van der Waals surface area contributed by atoms with Crippen LogP contribution in [-0.4, -0.2) is 16.5 Å². The average Bonchev–Trinajstić information content (AvgIpc) is 2.55. The van der Waals surface area contributed by atoms with Crippen molar-refractivity contribution in [3.8, 4) is 0 Å². The zero-order chi connectivity index (χ0) is 14.7. The average molecular weight is 293 g/mol. The number of carbonyl (C=O) groups excluding carboxylic acids is 1. The Kier molecular flexibility index (Phi) is 4.02. The van der Waals surface area contributed by atoms with Gasteiger partial charge in [0.25, 0.3) is 0 Å². The molecule has 3 heteroatoms. The molecule has 0 amide bonds. The number of carbonyl (C=O) groups is 1. The van der Waals surface area contributed by atoms with Gasteiger partial charge in [-0.05, 0) is 41.5 Å². The summed E-state index contributed by atoms with van der Waals surface area (Å²) in [4.78, 5) is 18.0. The van der Waals surface area contributed by atoms with Crippen molar-refractivity contribution in [2.45, 2.75) is 11.8 Å². The van der Waals surface area contributed by atoms with E-state index in [-0.39, 0.29) is 5.78 Å². The number of hydrogen-bond donors (Lipinski definition) is 0. The molecular weight excluding hydrogens is 278 g/mol. The molecule has 0 unspecified atom stereocenters. The fraction of sp³-hybridized carbons (Fsp3) is 0.111. The van der Waals surface area contributed by atoms with Crippen LogP contribution in [0.4, 0.5) is 0 Å². The predicted molar refractivity (Wildman–Crippen MR) is 88.0 cm³/mol. The normalized spacial score (nSPS) is 10.7. The number of rotatable bonds is 4. The van der Waals surface area contributed by atoms with E-state index in [9.17, 15) is 4.79 Å². The zero-order valence-electron chi connectivity index (χ0n) is 11.7. The van der Waals surface area contributed by atoms with E-state index in [0.29, 0.717) is 11.1 Å². The van der Waals surface area contributed by atoms with Gasteiger partial charge in [0.1, 0.15) is 0 Å². The molecule has 1 aromatic heterocycles. The highest BCUT2D eigenvalue weighted by molar-refractivity contribution is 7.99. The van der Waals surface area contributed by atoms with E-state index in [2.05, 4.69) is 11.9 Å². The molecule has 0 bridgehead atoms. The van der Waals surface area contributed by atoms with Crippen molar-refractivity contribution >= 4 is 28.3 Å². The van der Waals surface area contributed by atoms with Crippen LogP contribution < -0.4 is 0 Å². The Morgan fingerprint density at radius 3 is 2.67 bits per heavy atom. The van der Waals surface area contributed by atoms with Gasteiger partial charge in [0.05, 0.1) is 0 Å². The van der Waals surface area contributed by atoms with Crippen molar-refractivity contribution in [1.82, 2.24) is 4.98 Å². The van der Waals surface area contributed by atoms with Crippen LogP contribution in [0.3, 0.4) is 0 Å². The lowest BCUT2D eigenvalue weighted by Gasteiger charge is -2.06. The Morgan fingerprint density at radius 2 is 1.90 bits per heavy atom. The number of benzene rings is 2. The summed E-state index contributed by atoms with van der Waals surface area (Å²) in [5.74, 6) is 1.07. The maximum absolute atomic E-state index is 12.7. The van der Waals surface area contributed by atoms with E-state index in [1.807, 2.05) is 48.5 Å². The van der Waals surface area contributed by atoms with Crippen molar-refractivity contribution < 1.29 is 4.79 Å². The summed E-state index contributed by atoms with van der Waals surface area (Å²) in [7, 11) is 0. The topological polar surface area (TPSA) is 30.0 Å². The number of thioether (sulfide) groups is 1. The van der Waals surface area contributed by atoms with Crippen molar-refractivity contribution in [1.29, 1.82) is 0 Å². The van der Waals surface area contributed by atoms with Gasteiger partial charge in [-0.2, -0.15) is 0 Å². The smallest absolute Gasteiger partial charge is 0.193 e. The van der Waals surface area contributed by atoms with Crippen molar-refractivity contribution in [2.24, 2.45) is 0 Å². The van der Waals surface area contributed by atoms with Crippen LogP contribution in [0.15, 0.2) is 65.8 Å². The second-order valence-corrected chi connectivity index (χ2v) is 6.03. The minimum absolute atomic E-state index is 0.0432. The van der Waals surface area contributed by atoms with Gasteiger partial charge in [0, 0.05) is 33.8 Å². The van der Waals surface area contributed by atoms with Gasteiger partial charge < -0.3 is 0 Å². The van der Waals surface area contributed by atoms with Crippen LogP contribution in [0.2, 0.25) is 0 Å². The van der Waals surface area contributed by atoms with Crippen LogP contribution in [-0.2, 0) is 0 Å². The van der Waals surface area contributed by atoms with E-state index < -0.39 is 0 Å². The molecule has 2 nitrogen and oxygen atoms in total. The van der Waals surface area contributed by atoms with Gasteiger partial charge in [-0.15, -0.1) is 11.8 Å². The Bertz CT molecular complexity index is 775. The molecule has 0 aliphatic heterocycles. The summed E-state index contributed by atoms with van der Waals surface area (Å²) >= 11 is 1.77. The quantitative estimate of drug-likeness (QED) is 0.521. The summed E-state index contributed by atoms with van der Waals surface area (Å²) in [5.41, 5.74) is 1.42. The zero-order valence-corrected chi connectivity index (χ0v) is 12.6. The summed E-state index contributed by atoms with van der Waals surface area (Å²) < 4.78 is 0. The fourth-order valence-electron chi connectivity index (χ4n) is 2.34. The van der Waals surface area contributed by atoms with Crippen LogP contribution in [0.5, 0.6) is 0 Å². The summed E-state index contributed by atoms with van der Waals surface area (Å²) in [5, 5.41) is 1.94.